The number of Topliss-reactive ketones (excluding diaryl/α,β-unsaturated/α-hetero) is 1. The standard InChI is InChI=1S/C25H29NO4S/c1-29-20-13-15-8-9-26(23(22-7-4-10-31-22)19(15)14-21(20)30-2)25(28)18-11-16-5-3-6-17(12-18)24(16)27/h4,7,10,13-14,16-18,23H,3,5-6,8-9,11-12H2,1-2H3. The molecule has 31 heavy (non-hydrogen) atoms. The molecule has 5 rings (SSSR count). The second-order valence-corrected chi connectivity index (χ2v) is 9.98. The normalized spacial score (nSPS) is 27.5. The van der Waals surface area contributed by atoms with E-state index in [2.05, 4.69) is 22.4 Å². The van der Waals surface area contributed by atoms with Gasteiger partial charge in [-0.05, 0) is 66.8 Å². The van der Waals surface area contributed by atoms with Gasteiger partial charge in [-0.3, -0.25) is 9.59 Å². The molecule has 164 valence electrons. The molecule has 1 aliphatic heterocycles. The van der Waals surface area contributed by atoms with Crippen molar-refractivity contribution in [2.75, 3.05) is 20.8 Å². The first-order valence-electron chi connectivity index (χ1n) is 11.2. The van der Waals surface area contributed by atoms with Crippen molar-refractivity contribution >= 4 is 23.0 Å². The Kier molecular flexibility index (Phi) is 5.51. The number of hydrogen-bond acceptors (Lipinski definition) is 5. The molecule has 6 heteroatoms. The minimum atomic E-state index is -0.117. The van der Waals surface area contributed by atoms with Crippen LogP contribution in [0, 0.1) is 17.8 Å². The van der Waals surface area contributed by atoms with Crippen molar-refractivity contribution in [2.45, 2.75) is 44.6 Å². The van der Waals surface area contributed by atoms with Crippen LogP contribution in [-0.4, -0.2) is 37.4 Å². The van der Waals surface area contributed by atoms with Crippen LogP contribution in [0.1, 0.15) is 54.1 Å². The van der Waals surface area contributed by atoms with Crippen LogP contribution in [0.3, 0.4) is 0 Å². The lowest BCUT2D eigenvalue weighted by Gasteiger charge is -2.42. The zero-order chi connectivity index (χ0) is 21.5. The fraction of sp³-hybridized carbons (Fsp3) is 0.520. The summed E-state index contributed by atoms with van der Waals surface area (Å²) in [5.74, 6) is 2.16. The van der Waals surface area contributed by atoms with Crippen LogP contribution in [0.15, 0.2) is 29.6 Å². The summed E-state index contributed by atoms with van der Waals surface area (Å²) in [4.78, 5) is 29.6. The Morgan fingerprint density at radius 2 is 1.81 bits per heavy atom. The summed E-state index contributed by atoms with van der Waals surface area (Å²) < 4.78 is 11.1. The second-order valence-electron chi connectivity index (χ2n) is 9.00. The van der Waals surface area contributed by atoms with Gasteiger partial charge in [0, 0.05) is 29.2 Å². The number of thiophene rings is 1. The number of amides is 1. The van der Waals surface area contributed by atoms with Crippen LogP contribution in [0.5, 0.6) is 11.5 Å². The van der Waals surface area contributed by atoms with E-state index in [1.165, 1.54) is 5.56 Å². The third-order valence-corrected chi connectivity index (χ3v) is 8.29. The lowest BCUT2D eigenvalue weighted by atomic mass is 9.66. The topological polar surface area (TPSA) is 55.8 Å². The van der Waals surface area contributed by atoms with Gasteiger partial charge in [-0.2, -0.15) is 0 Å². The molecule has 1 aromatic carbocycles. The van der Waals surface area contributed by atoms with E-state index in [-0.39, 0.29) is 29.7 Å². The monoisotopic (exact) mass is 439 g/mol. The number of hydrogen-bond donors (Lipinski definition) is 0. The van der Waals surface area contributed by atoms with Gasteiger partial charge in [0.25, 0.3) is 0 Å². The molecule has 0 N–H and O–H groups in total. The SMILES string of the molecule is COc1cc2c(cc1OC)C(c1cccs1)N(C(=O)C1CC3CCCC(C1)C3=O)CC2. The predicted octanol–water partition coefficient (Wildman–Crippen LogP) is 4.63. The Morgan fingerprint density at radius 3 is 2.45 bits per heavy atom. The highest BCUT2D eigenvalue weighted by molar-refractivity contribution is 7.10. The van der Waals surface area contributed by atoms with Crippen LogP contribution in [0.4, 0.5) is 0 Å². The number of benzene rings is 1. The number of ether oxygens (including phenoxy) is 2. The van der Waals surface area contributed by atoms with Crippen molar-refractivity contribution in [2.24, 2.45) is 17.8 Å². The minimum Gasteiger partial charge on any atom is -0.493 e. The average molecular weight is 440 g/mol. The number of rotatable bonds is 4. The number of nitrogens with zero attached hydrogens (tertiary/aromatic N) is 1. The van der Waals surface area contributed by atoms with E-state index >= 15 is 0 Å². The van der Waals surface area contributed by atoms with Crippen molar-refractivity contribution < 1.29 is 19.1 Å². The molecule has 2 saturated carbocycles. The summed E-state index contributed by atoms with van der Waals surface area (Å²) in [6.07, 6.45) is 5.27. The van der Waals surface area contributed by atoms with Gasteiger partial charge in [0.2, 0.25) is 5.91 Å². The fourth-order valence-corrected chi connectivity index (χ4v) is 6.71. The molecule has 0 saturated heterocycles. The Morgan fingerprint density at radius 1 is 1.10 bits per heavy atom. The average Bonchev–Trinajstić information content (AvgIpc) is 3.31. The first-order valence-corrected chi connectivity index (χ1v) is 12.1. The van der Waals surface area contributed by atoms with E-state index in [4.69, 9.17) is 9.47 Å². The van der Waals surface area contributed by atoms with Gasteiger partial charge in [0.05, 0.1) is 20.3 Å². The summed E-state index contributed by atoms with van der Waals surface area (Å²) in [6.45, 7) is 0.684. The molecule has 1 aromatic heterocycles. The zero-order valence-corrected chi connectivity index (χ0v) is 19.0. The molecule has 2 fully saturated rings. The van der Waals surface area contributed by atoms with Crippen molar-refractivity contribution in [1.82, 2.24) is 4.90 Å². The summed E-state index contributed by atoms with van der Waals surface area (Å²) in [6, 6.07) is 8.13. The second kappa shape index (κ2) is 8.30. The third kappa shape index (κ3) is 3.55. The van der Waals surface area contributed by atoms with Crippen LogP contribution in [-0.2, 0) is 16.0 Å². The van der Waals surface area contributed by atoms with E-state index in [0.29, 0.717) is 18.1 Å². The largest absolute Gasteiger partial charge is 0.493 e. The molecule has 2 aromatic rings. The van der Waals surface area contributed by atoms with Crippen molar-refractivity contribution in [1.29, 1.82) is 0 Å². The van der Waals surface area contributed by atoms with E-state index < -0.39 is 0 Å². The van der Waals surface area contributed by atoms with E-state index in [9.17, 15) is 9.59 Å². The van der Waals surface area contributed by atoms with Crippen LogP contribution < -0.4 is 9.47 Å². The Balaban J connectivity index is 1.50. The van der Waals surface area contributed by atoms with Gasteiger partial charge in [0.1, 0.15) is 5.78 Å². The maximum Gasteiger partial charge on any atom is 0.226 e. The highest BCUT2D eigenvalue weighted by Gasteiger charge is 2.44. The molecule has 5 nitrogen and oxygen atoms in total. The first-order chi connectivity index (χ1) is 15.1. The molecule has 0 radical (unpaired) electrons. The van der Waals surface area contributed by atoms with E-state index in [1.54, 1.807) is 25.6 Å². The van der Waals surface area contributed by atoms with E-state index in [1.807, 2.05) is 12.1 Å². The number of ketones is 1. The molecule has 0 spiro atoms. The maximum atomic E-state index is 13.8. The molecular formula is C25H29NO4S. The third-order valence-electron chi connectivity index (χ3n) is 7.37. The smallest absolute Gasteiger partial charge is 0.226 e. The quantitative estimate of drug-likeness (QED) is 0.697. The lowest BCUT2D eigenvalue weighted by Crippen LogP contribution is -2.47. The molecule has 2 bridgehead atoms. The molecule has 1 amide bonds. The highest BCUT2D eigenvalue weighted by atomic mass is 32.1. The van der Waals surface area contributed by atoms with Crippen LogP contribution in [0.2, 0.25) is 0 Å². The van der Waals surface area contributed by atoms with Crippen molar-refractivity contribution in [3.05, 3.63) is 45.6 Å². The van der Waals surface area contributed by atoms with Crippen molar-refractivity contribution in [3.8, 4) is 11.5 Å². The van der Waals surface area contributed by atoms with Crippen LogP contribution >= 0.6 is 11.3 Å². The molecule has 3 unspecified atom stereocenters. The predicted molar refractivity (Wildman–Crippen MR) is 120 cm³/mol. The summed E-state index contributed by atoms with van der Waals surface area (Å²) in [7, 11) is 3.30. The summed E-state index contributed by atoms with van der Waals surface area (Å²) >= 11 is 1.68. The van der Waals surface area contributed by atoms with Gasteiger partial charge < -0.3 is 14.4 Å². The maximum absolute atomic E-state index is 13.8. The van der Waals surface area contributed by atoms with Gasteiger partial charge in [-0.25, -0.2) is 0 Å². The number of fused-ring (bicyclic) bond motifs is 3. The number of carbonyl (C=O) groups is 2. The highest BCUT2D eigenvalue weighted by Crippen LogP contribution is 2.45. The van der Waals surface area contributed by atoms with Crippen LogP contribution in [0.25, 0.3) is 0 Å². The fourth-order valence-electron chi connectivity index (χ4n) is 5.85. The van der Waals surface area contributed by atoms with Gasteiger partial charge >= 0.3 is 0 Å². The molecule has 3 aliphatic rings. The van der Waals surface area contributed by atoms with E-state index in [0.717, 1.165) is 54.7 Å². The first kappa shape index (κ1) is 20.6. The Hall–Kier alpha value is -2.34. The number of carbonyl (C=O) groups excluding carboxylic acids is 2. The molecule has 3 atom stereocenters. The van der Waals surface area contributed by atoms with Crippen molar-refractivity contribution in [3.63, 3.8) is 0 Å². The van der Waals surface area contributed by atoms with Gasteiger partial charge in [-0.1, -0.05) is 12.5 Å². The molecule has 2 heterocycles. The molecular weight excluding hydrogens is 410 g/mol. The lowest BCUT2D eigenvalue weighted by molar-refractivity contribution is -0.144. The minimum absolute atomic E-state index is 0.0443. The Bertz CT molecular complexity index is 970. The number of methoxy groups -OCH3 is 2. The summed E-state index contributed by atoms with van der Waals surface area (Å²) in [5.41, 5.74) is 2.32. The Labute approximate surface area is 187 Å². The van der Waals surface area contributed by atoms with Gasteiger partial charge in [-0.15, -0.1) is 11.3 Å². The zero-order valence-electron chi connectivity index (χ0n) is 18.1. The summed E-state index contributed by atoms with van der Waals surface area (Å²) in [5, 5.41) is 2.07. The molecule has 2 aliphatic carbocycles. The van der Waals surface area contributed by atoms with Gasteiger partial charge in [0.15, 0.2) is 11.5 Å².